The lowest BCUT2D eigenvalue weighted by atomic mass is 10.2. The molecule has 0 spiro atoms. The lowest BCUT2D eigenvalue weighted by Gasteiger charge is -2.12. The second-order valence-corrected chi connectivity index (χ2v) is 7.55. The molecule has 0 saturated carbocycles. The van der Waals surface area contributed by atoms with Crippen LogP contribution in [-0.2, 0) is 22.6 Å². The molecule has 0 aliphatic rings. The Morgan fingerprint density at radius 2 is 2.10 bits per heavy atom. The third-order valence-corrected chi connectivity index (χ3v) is 5.25. The first-order valence-corrected chi connectivity index (χ1v) is 10.8. The van der Waals surface area contributed by atoms with Crippen molar-refractivity contribution in [1.29, 1.82) is 0 Å². The van der Waals surface area contributed by atoms with E-state index in [-0.39, 0.29) is 12.4 Å². The molecule has 0 aliphatic heterocycles. The number of thiazole rings is 1. The topological polar surface area (TPSA) is 82.0 Å². The van der Waals surface area contributed by atoms with Crippen LogP contribution in [0.2, 0.25) is 5.02 Å². The van der Waals surface area contributed by atoms with Crippen LogP contribution in [-0.4, -0.2) is 30.9 Å². The molecule has 0 radical (unpaired) electrons. The van der Waals surface area contributed by atoms with E-state index in [2.05, 4.69) is 15.5 Å². The molecule has 1 aromatic heterocycles. The minimum atomic E-state index is -0.299. The van der Waals surface area contributed by atoms with Crippen molar-refractivity contribution in [3.63, 3.8) is 0 Å². The second-order valence-electron chi connectivity index (χ2n) is 6.29. The van der Waals surface area contributed by atoms with Gasteiger partial charge in [-0.3, -0.25) is 10.2 Å². The molecule has 0 saturated heterocycles. The molecule has 3 rings (SSSR count). The fraction of sp³-hybridized carbons (Fsp3) is 0.227. The van der Waals surface area contributed by atoms with Gasteiger partial charge in [0.05, 0.1) is 32.0 Å². The Morgan fingerprint density at radius 1 is 1.26 bits per heavy atom. The van der Waals surface area contributed by atoms with Gasteiger partial charge < -0.3 is 14.2 Å². The number of ether oxygens (including phenoxy) is 3. The van der Waals surface area contributed by atoms with Crippen LogP contribution in [0, 0.1) is 0 Å². The number of benzene rings is 2. The van der Waals surface area contributed by atoms with Crippen molar-refractivity contribution in [2.45, 2.75) is 20.0 Å². The van der Waals surface area contributed by atoms with Crippen molar-refractivity contribution < 1.29 is 19.0 Å². The van der Waals surface area contributed by atoms with E-state index in [0.717, 1.165) is 11.1 Å². The van der Waals surface area contributed by atoms with Crippen molar-refractivity contribution in [2.24, 2.45) is 5.10 Å². The second kappa shape index (κ2) is 11.3. The first-order valence-electron chi connectivity index (χ1n) is 9.52. The van der Waals surface area contributed by atoms with Gasteiger partial charge in [0, 0.05) is 16.0 Å². The summed E-state index contributed by atoms with van der Waals surface area (Å²) in [5.74, 6) is 0.893. The van der Waals surface area contributed by atoms with Crippen molar-refractivity contribution in [2.75, 3.05) is 19.1 Å². The summed E-state index contributed by atoms with van der Waals surface area (Å²) in [6.07, 6.45) is 1.79. The molecule has 0 amide bonds. The number of halogens is 1. The molecular formula is C22H22ClN3O4S. The zero-order chi connectivity index (χ0) is 22.1. The number of hydrogen-bond donors (Lipinski definition) is 1. The number of carbonyl (C=O) groups excluding carboxylic acids is 1. The van der Waals surface area contributed by atoms with E-state index in [1.807, 2.05) is 42.5 Å². The van der Waals surface area contributed by atoms with E-state index in [0.29, 0.717) is 40.6 Å². The number of hydrogen-bond acceptors (Lipinski definition) is 8. The lowest BCUT2D eigenvalue weighted by molar-refractivity contribution is -0.142. The van der Waals surface area contributed by atoms with Gasteiger partial charge in [-0.25, -0.2) is 4.98 Å². The predicted octanol–water partition coefficient (Wildman–Crippen LogP) is 4.94. The van der Waals surface area contributed by atoms with Crippen LogP contribution in [0.3, 0.4) is 0 Å². The molecule has 0 fully saturated rings. The fourth-order valence-electron chi connectivity index (χ4n) is 2.62. The van der Waals surface area contributed by atoms with Gasteiger partial charge in [-0.2, -0.15) is 5.10 Å². The van der Waals surface area contributed by atoms with Gasteiger partial charge >= 0.3 is 5.97 Å². The van der Waals surface area contributed by atoms with E-state index in [4.69, 9.17) is 25.8 Å². The lowest BCUT2D eigenvalue weighted by Crippen LogP contribution is -2.07. The molecule has 162 valence electrons. The normalized spacial score (nSPS) is 10.8. The zero-order valence-electron chi connectivity index (χ0n) is 17.1. The van der Waals surface area contributed by atoms with Crippen LogP contribution < -0.4 is 14.9 Å². The minimum Gasteiger partial charge on any atom is -0.493 e. The predicted molar refractivity (Wildman–Crippen MR) is 122 cm³/mol. The van der Waals surface area contributed by atoms with Gasteiger partial charge in [0.25, 0.3) is 0 Å². The minimum absolute atomic E-state index is 0.141. The van der Waals surface area contributed by atoms with E-state index in [9.17, 15) is 4.79 Å². The van der Waals surface area contributed by atoms with Crippen LogP contribution >= 0.6 is 22.9 Å². The molecule has 0 bridgehead atoms. The summed E-state index contributed by atoms with van der Waals surface area (Å²) in [5.41, 5.74) is 5.22. The average Bonchev–Trinajstić information content (AvgIpc) is 3.20. The Morgan fingerprint density at radius 3 is 2.87 bits per heavy atom. The van der Waals surface area contributed by atoms with Crippen LogP contribution in [0.1, 0.15) is 23.7 Å². The van der Waals surface area contributed by atoms with Crippen molar-refractivity contribution in [3.8, 4) is 11.5 Å². The number of aromatic nitrogens is 1. The molecule has 0 unspecified atom stereocenters. The third-order valence-electron chi connectivity index (χ3n) is 4.09. The highest BCUT2D eigenvalue weighted by atomic mass is 35.5. The van der Waals surface area contributed by atoms with Crippen LogP contribution in [0.25, 0.3) is 0 Å². The Bertz CT molecular complexity index is 1050. The van der Waals surface area contributed by atoms with Gasteiger partial charge in [-0.15, -0.1) is 11.3 Å². The van der Waals surface area contributed by atoms with E-state index >= 15 is 0 Å². The fourth-order valence-corrected chi connectivity index (χ4v) is 3.47. The number of anilines is 1. The molecule has 3 aromatic rings. The summed E-state index contributed by atoms with van der Waals surface area (Å²) in [7, 11) is 1.58. The SMILES string of the molecule is CCOC(=O)Cc1csc(NN=Cc2ccc(OCc3ccccc3Cl)c(OC)c2)n1. The van der Waals surface area contributed by atoms with Gasteiger partial charge in [0.15, 0.2) is 11.5 Å². The number of nitrogens with one attached hydrogen (secondary N) is 1. The Labute approximate surface area is 189 Å². The molecule has 31 heavy (non-hydrogen) atoms. The van der Waals surface area contributed by atoms with Gasteiger partial charge in [0.2, 0.25) is 5.13 Å². The maximum absolute atomic E-state index is 11.5. The molecule has 1 heterocycles. The first kappa shape index (κ1) is 22.6. The summed E-state index contributed by atoms with van der Waals surface area (Å²) in [6, 6.07) is 13.0. The summed E-state index contributed by atoms with van der Waals surface area (Å²) in [6.45, 7) is 2.46. The molecule has 0 atom stereocenters. The number of methoxy groups -OCH3 is 1. The maximum Gasteiger partial charge on any atom is 0.311 e. The van der Waals surface area contributed by atoms with Gasteiger partial charge in [-0.05, 0) is 36.8 Å². The molecule has 1 N–H and O–H groups in total. The highest BCUT2D eigenvalue weighted by Crippen LogP contribution is 2.29. The van der Waals surface area contributed by atoms with Crippen LogP contribution in [0.4, 0.5) is 5.13 Å². The quantitative estimate of drug-likeness (QED) is 0.263. The van der Waals surface area contributed by atoms with E-state index in [1.165, 1.54) is 11.3 Å². The Hall–Kier alpha value is -3.10. The summed E-state index contributed by atoms with van der Waals surface area (Å²) in [4.78, 5) is 15.8. The van der Waals surface area contributed by atoms with Gasteiger partial charge in [-0.1, -0.05) is 29.8 Å². The number of esters is 1. The maximum atomic E-state index is 11.5. The van der Waals surface area contributed by atoms with Crippen LogP contribution in [0.15, 0.2) is 52.9 Å². The highest BCUT2D eigenvalue weighted by molar-refractivity contribution is 7.13. The summed E-state index contributed by atoms with van der Waals surface area (Å²) in [5, 5.41) is 7.23. The van der Waals surface area contributed by atoms with Crippen molar-refractivity contribution in [1.82, 2.24) is 4.98 Å². The molecule has 9 heteroatoms. The standard InChI is InChI=1S/C22H22ClN3O4S/c1-3-29-21(27)11-17-14-31-22(25-17)26-24-12-15-8-9-19(20(10-15)28-2)30-13-16-6-4-5-7-18(16)23/h4-10,12,14H,3,11,13H2,1-2H3,(H,25,26). The van der Waals surface area contributed by atoms with E-state index in [1.54, 1.807) is 25.6 Å². The molecule has 0 aliphatic carbocycles. The Kier molecular flexibility index (Phi) is 8.26. The Balaban J connectivity index is 1.58. The molecule has 2 aromatic carbocycles. The van der Waals surface area contributed by atoms with E-state index < -0.39 is 0 Å². The summed E-state index contributed by atoms with van der Waals surface area (Å²) >= 11 is 7.54. The summed E-state index contributed by atoms with van der Waals surface area (Å²) < 4.78 is 16.2. The van der Waals surface area contributed by atoms with Crippen LogP contribution in [0.5, 0.6) is 11.5 Å². The molecule has 7 nitrogen and oxygen atoms in total. The smallest absolute Gasteiger partial charge is 0.311 e. The highest BCUT2D eigenvalue weighted by Gasteiger charge is 2.09. The first-order chi connectivity index (χ1) is 15.1. The number of rotatable bonds is 10. The number of carbonyl (C=O) groups is 1. The number of nitrogens with zero attached hydrogens (tertiary/aromatic N) is 2. The van der Waals surface area contributed by atoms with Gasteiger partial charge in [0.1, 0.15) is 6.61 Å². The third kappa shape index (κ3) is 6.70. The molecular weight excluding hydrogens is 438 g/mol. The zero-order valence-corrected chi connectivity index (χ0v) is 18.7. The van der Waals surface area contributed by atoms with Crippen molar-refractivity contribution in [3.05, 3.63) is 69.7 Å². The number of hydrazone groups is 1. The van der Waals surface area contributed by atoms with Crippen molar-refractivity contribution >= 4 is 40.3 Å². The largest absolute Gasteiger partial charge is 0.493 e. The average molecular weight is 460 g/mol. The monoisotopic (exact) mass is 459 g/mol.